The van der Waals surface area contributed by atoms with Crippen LogP contribution in [0.5, 0.6) is 5.88 Å². The van der Waals surface area contributed by atoms with Gasteiger partial charge in [0.05, 0.1) is 5.69 Å². The van der Waals surface area contributed by atoms with Gasteiger partial charge < -0.3 is 9.47 Å². The Balaban J connectivity index is 1.34. The molecule has 7 nitrogen and oxygen atoms in total. The highest BCUT2D eigenvalue weighted by Crippen LogP contribution is 2.38. The third kappa shape index (κ3) is 5.05. The highest BCUT2D eigenvalue weighted by Gasteiger charge is 2.26. The average Bonchev–Trinajstić information content (AvgIpc) is 2.76. The van der Waals surface area contributed by atoms with E-state index in [1.165, 1.54) is 0 Å². The van der Waals surface area contributed by atoms with Crippen molar-refractivity contribution in [2.24, 2.45) is 10.2 Å². The Hall–Kier alpha value is -3.18. The van der Waals surface area contributed by atoms with Crippen LogP contribution in [-0.2, 0) is 22.7 Å². The number of ether oxygens (including phenoxy) is 2. The summed E-state index contributed by atoms with van der Waals surface area (Å²) in [5, 5.41) is 8.21. The number of carbonyl (C=O) groups excluding carboxylic acids is 1. The third-order valence-corrected chi connectivity index (χ3v) is 4.74. The first kappa shape index (κ1) is 20.1. The van der Waals surface area contributed by atoms with Gasteiger partial charge in [0.25, 0.3) is 0 Å². The molecule has 8 heteroatoms. The van der Waals surface area contributed by atoms with Crippen molar-refractivity contribution in [3.8, 4) is 17.1 Å². The summed E-state index contributed by atoms with van der Waals surface area (Å²) < 4.78 is 13.0. The Morgan fingerprint density at radius 1 is 1.13 bits per heavy atom. The molecule has 0 aliphatic carbocycles. The first-order chi connectivity index (χ1) is 14.5. The molecule has 0 radical (unpaired) electrons. The van der Waals surface area contributed by atoms with Crippen molar-refractivity contribution >= 4 is 20.9 Å². The van der Waals surface area contributed by atoms with Crippen LogP contribution in [0.3, 0.4) is 0 Å². The third-order valence-electron chi connectivity index (χ3n) is 4.50. The second kappa shape index (κ2) is 8.67. The zero-order valence-electron chi connectivity index (χ0n) is 16.6. The van der Waals surface area contributed by atoms with Crippen LogP contribution in [0.25, 0.3) is 11.3 Å². The SMILES string of the molecule is CC1(P)N=Nc2ccc(-c3cc[n+](CCC(=O)OCc4ccccc4)cc3)nc2O1. The largest absolute Gasteiger partial charge is 0.461 e. The van der Waals surface area contributed by atoms with Crippen molar-refractivity contribution in [2.45, 2.75) is 32.0 Å². The van der Waals surface area contributed by atoms with E-state index in [9.17, 15) is 4.79 Å². The molecule has 2 unspecified atom stereocenters. The number of esters is 1. The number of fused-ring (bicyclic) bond motifs is 1. The van der Waals surface area contributed by atoms with Gasteiger partial charge in [-0.1, -0.05) is 39.6 Å². The van der Waals surface area contributed by atoms with Crippen molar-refractivity contribution in [2.75, 3.05) is 0 Å². The number of benzene rings is 1. The summed E-state index contributed by atoms with van der Waals surface area (Å²) in [4.78, 5) is 16.6. The normalized spacial score (nSPS) is 17.1. The molecule has 0 spiro atoms. The zero-order valence-corrected chi connectivity index (χ0v) is 17.7. The fraction of sp³-hybridized carbons (Fsp3) is 0.227. The minimum Gasteiger partial charge on any atom is -0.461 e. The molecule has 0 saturated carbocycles. The van der Waals surface area contributed by atoms with E-state index >= 15 is 0 Å². The highest BCUT2D eigenvalue weighted by atomic mass is 31.0. The fourth-order valence-electron chi connectivity index (χ4n) is 2.92. The van der Waals surface area contributed by atoms with Crippen molar-refractivity contribution in [1.29, 1.82) is 0 Å². The van der Waals surface area contributed by atoms with E-state index in [1.807, 2.05) is 71.6 Å². The molecule has 3 aromatic rings. The lowest BCUT2D eigenvalue weighted by Gasteiger charge is -2.24. The number of nitrogens with zero attached hydrogens (tertiary/aromatic N) is 4. The second-order valence-corrected chi connectivity index (χ2v) is 8.17. The summed E-state index contributed by atoms with van der Waals surface area (Å²) in [5.74, 6) is 0.233. The lowest BCUT2D eigenvalue weighted by molar-refractivity contribution is -0.695. The number of carbonyl (C=O) groups is 1. The van der Waals surface area contributed by atoms with Gasteiger partial charge in [-0.3, -0.25) is 4.79 Å². The molecule has 1 aliphatic heterocycles. The van der Waals surface area contributed by atoms with E-state index in [0.29, 0.717) is 31.1 Å². The van der Waals surface area contributed by atoms with E-state index in [4.69, 9.17) is 9.47 Å². The van der Waals surface area contributed by atoms with E-state index in [2.05, 4.69) is 24.5 Å². The highest BCUT2D eigenvalue weighted by molar-refractivity contribution is 7.18. The summed E-state index contributed by atoms with van der Waals surface area (Å²) in [5.41, 5.74) is 2.51. The van der Waals surface area contributed by atoms with Crippen molar-refractivity contribution < 1.29 is 18.8 Å². The number of azo groups is 1. The van der Waals surface area contributed by atoms with Crippen LogP contribution in [0.15, 0.2) is 77.2 Å². The van der Waals surface area contributed by atoms with Gasteiger partial charge in [-0.05, 0) is 17.7 Å². The lowest BCUT2D eigenvalue weighted by Crippen LogP contribution is -2.34. The number of hydrogen-bond donors (Lipinski definition) is 0. The minimum absolute atomic E-state index is 0.224. The van der Waals surface area contributed by atoms with Gasteiger partial charge in [0.1, 0.15) is 18.7 Å². The lowest BCUT2D eigenvalue weighted by atomic mass is 10.1. The van der Waals surface area contributed by atoms with Gasteiger partial charge in [-0.25, -0.2) is 9.55 Å². The number of hydrogen-bond acceptors (Lipinski definition) is 6. The Morgan fingerprint density at radius 2 is 1.90 bits per heavy atom. The van der Waals surface area contributed by atoms with Crippen LogP contribution in [0, 0.1) is 0 Å². The molecular formula is C22H22N4O3P+. The van der Waals surface area contributed by atoms with E-state index in [-0.39, 0.29) is 5.97 Å². The summed E-state index contributed by atoms with van der Waals surface area (Å²) in [6.07, 6.45) is 4.14. The van der Waals surface area contributed by atoms with Crippen molar-refractivity contribution in [3.05, 3.63) is 72.6 Å². The summed E-state index contributed by atoms with van der Waals surface area (Å²) in [6, 6.07) is 17.3. The Kier molecular flexibility index (Phi) is 5.81. The molecular weight excluding hydrogens is 399 g/mol. The Labute approximate surface area is 177 Å². The molecule has 2 aromatic heterocycles. The minimum atomic E-state index is -0.798. The van der Waals surface area contributed by atoms with Crippen molar-refractivity contribution in [1.82, 2.24) is 4.98 Å². The fourth-order valence-corrected chi connectivity index (χ4v) is 3.09. The molecule has 1 aromatic carbocycles. The van der Waals surface area contributed by atoms with Gasteiger partial charge in [-0.2, -0.15) is 0 Å². The quantitative estimate of drug-likeness (QED) is 0.340. The molecule has 4 rings (SSSR count). The van der Waals surface area contributed by atoms with Crippen LogP contribution in [0.4, 0.5) is 5.69 Å². The first-order valence-electron chi connectivity index (χ1n) is 9.59. The average molecular weight is 421 g/mol. The van der Waals surface area contributed by atoms with Gasteiger partial charge in [0.2, 0.25) is 11.3 Å². The van der Waals surface area contributed by atoms with Crippen molar-refractivity contribution in [3.63, 3.8) is 0 Å². The topological polar surface area (TPSA) is 77.0 Å². The maximum Gasteiger partial charge on any atom is 0.312 e. The standard InChI is InChI=1S/C22H22N4O3P/c1-22(30)25-24-19-8-7-18(23-21(19)29-22)17-9-12-26(13-10-17)14-11-20(27)28-15-16-5-3-2-4-6-16/h2-10,12-13H,11,14-15,30H2,1H3/q+1. The second-order valence-electron chi connectivity index (χ2n) is 7.10. The molecule has 30 heavy (non-hydrogen) atoms. The summed E-state index contributed by atoms with van der Waals surface area (Å²) in [7, 11) is 2.51. The van der Waals surface area contributed by atoms with Gasteiger partial charge in [0, 0.05) is 24.6 Å². The predicted molar refractivity (Wildman–Crippen MR) is 114 cm³/mol. The van der Waals surface area contributed by atoms with Crippen LogP contribution in [0.1, 0.15) is 18.9 Å². The summed E-state index contributed by atoms with van der Waals surface area (Å²) >= 11 is 0. The van der Waals surface area contributed by atoms with E-state index in [1.54, 1.807) is 6.92 Å². The van der Waals surface area contributed by atoms with Gasteiger partial charge in [-0.15, -0.1) is 10.2 Å². The Morgan fingerprint density at radius 3 is 2.67 bits per heavy atom. The smallest absolute Gasteiger partial charge is 0.312 e. The number of aromatic nitrogens is 2. The number of rotatable bonds is 6. The van der Waals surface area contributed by atoms with E-state index in [0.717, 1.165) is 16.8 Å². The number of pyridine rings is 2. The maximum atomic E-state index is 12.0. The molecule has 0 amide bonds. The van der Waals surface area contributed by atoms with Crippen LogP contribution < -0.4 is 9.30 Å². The van der Waals surface area contributed by atoms with E-state index < -0.39 is 5.47 Å². The molecule has 3 heterocycles. The number of aryl methyl sites for hydroxylation is 1. The predicted octanol–water partition coefficient (Wildman–Crippen LogP) is 4.19. The molecule has 152 valence electrons. The van der Waals surface area contributed by atoms with Crippen LogP contribution in [0.2, 0.25) is 0 Å². The van der Waals surface area contributed by atoms with Gasteiger partial charge in [0.15, 0.2) is 18.9 Å². The maximum absolute atomic E-state index is 12.0. The molecule has 2 atom stereocenters. The zero-order chi connectivity index (χ0) is 21.0. The molecule has 0 saturated heterocycles. The van der Waals surface area contributed by atoms with Crippen LogP contribution >= 0.6 is 9.24 Å². The Bertz CT molecular complexity index is 1070. The molecule has 0 bridgehead atoms. The molecule has 0 fully saturated rings. The molecule has 1 aliphatic rings. The molecule has 0 N–H and O–H groups in total. The monoisotopic (exact) mass is 421 g/mol. The van der Waals surface area contributed by atoms with Crippen LogP contribution in [-0.4, -0.2) is 16.4 Å². The first-order valence-corrected chi connectivity index (χ1v) is 10.2. The summed E-state index contributed by atoms with van der Waals surface area (Å²) in [6.45, 7) is 2.64. The van der Waals surface area contributed by atoms with Gasteiger partial charge >= 0.3 is 5.97 Å².